The molecule has 150 valence electrons. The van der Waals surface area contributed by atoms with Crippen LogP contribution in [0.5, 0.6) is 0 Å². The van der Waals surface area contributed by atoms with Crippen molar-refractivity contribution in [2.24, 2.45) is 10.3 Å². The fourth-order valence-corrected chi connectivity index (χ4v) is 3.27. The van der Waals surface area contributed by atoms with Gasteiger partial charge in [-0.15, -0.1) is 0 Å². The summed E-state index contributed by atoms with van der Waals surface area (Å²) in [5.74, 6) is -3.93. The van der Waals surface area contributed by atoms with Crippen LogP contribution >= 0.6 is 0 Å². The van der Waals surface area contributed by atoms with Gasteiger partial charge in [-0.05, 0) is 29.8 Å². The maximum absolute atomic E-state index is 13.5. The van der Waals surface area contributed by atoms with Crippen molar-refractivity contribution in [1.29, 1.82) is 0 Å². The molecule has 11 heteroatoms. The van der Waals surface area contributed by atoms with Crippen LogP contribution in [0.15, 0.2) is 52.8 Å². The molecule has 0 aromatic heterocycles. The highest BCUT2D eigenvalue weighted by molar-refractivity contribution is 6.25. The summed E-state index contributed by atoms with van der Waals surface area (Å²) < 4.78 is 65.3. The van der Waals surface area contributed by atoms with Gasteiger partial charge in [0.2, 0.25) is 0 Å². The molecule has 2 aliphatic heterocycles. The number of carbonyl (C=O) groups excluding carboxylic acids is 2. The Bertz CT molecular complexity index is 1040. The van der Waals surface area contributed by atoms with E-state index in [-0.39, 0.29) is 17.8 Å². The van der Waals surface area contributed by atoms with Gasteiger partial charge < -0.3 is 0 Å². The number of imide groups is 1. The SMILES string of the molecule is O=C1[C@@H]2[C@@H](N=NN2Cc2cccc(C(F)(F)F)c2)C(=O)N1c1ccc(F)c(F)c1. The quantitative estimate of drug-likeness (QED) is 0.575. The molecule has 2 amide bonds. The van der Waals surface area contributed by atoms with E-state index in [9.17, 15) is 31.5 Å². The summed E-state index contributed by atoms with van der Waals surface area (Å²) in [5.41, 5.74) is -0.812. The van der Waals surface area contributed by atoms with Crippen LogP contribution in [-0.2, 0) is 22.3 Å². The zero-order chi connectivity index (χ0) is 20.9. The Morgan fingerprint density at radius 3 is 2.41 bits per heavy atom. The highest BCUT2D eigenvalue weighted by atomic mass is 19.4. The van der Waals surface area contributed by atoms with E-state index in [0.29, 0.717) is 11.0 Å². The molecule has 2 aromatic carbocycles. The summed E-state index contributed by atoms with van der Waals surface area (Å²) in [6.07, 6.45) is -4.53. The van der Waals surface area contributed by atoms with Crippen molar-refractivity contribution in [3.05, 3.63) is 65.2 Å². The molecule has 0 aliphatic carbocycles. The van der Waals surface area contributed by atoms with Gasteiger partial charge in [-0.2, -0.15) is 18.3 Å². The molecule has 2 aliphatic rings. The third-order valence-electron chi connectivity index (χ3n) is 4.62. The number of halogens is 5. The first-order valence-corrected chi connectivity index (χ1v) is 8.33. The average Bonchev–Trinajstić information content (AvgIpc) is 3.17. The van der Waals surface area contributed by atoms with Gasteiger partial charge in [0.1, 0.15) is 0 Å². The van der Waals surface area contributed by atoms with E-state index in [1.54, 1.807) is 0 Å². The van der Waals surface area contributed by atoms with E-state index in [1.165, 1.54) is 12.1 Å². The van der Waals surface area contributed by atoms with E-state index in [0.717, 1.165) is 29.3 Å². The maximum Gasteiger partial charge on any atom is 0.416 e. The molecular formula is C18H11F5N4O2. The molecule has 0 N–H and O–H groups in total. The van der Waals surface area contributed by atoms with Crippen LogP contribution in [0, 0.1) is 11.6 Å². The summed E-state index contributed by atoms with van der Waals surface area (Å²) in [6.45, 7) is -0.195. The molecule has 2 aromatic rings. The lowest BCUT2D eigenvalue weighted by molar-refractivity contribution is -0.137. The molecule has 0 unspecified atom stereocenters. The Labute approximate surface area is 160 Å². The fraction of sp³-hybridized carbons (Fsp3) is 0.222. The summed E-state index contributed by atoms with van der Waals surface area (Å²) in [4.78, 5) is 26.0. The highest BCUT2D eigenvalue weighted by Crippen LogP contribution is 2.34. The lowest BCUT2D eigenvalue weighted by atomic mass is 10.1. The van der Waals surface area contributed by atoms with Gasteiger partial charge in [0.15, 0.2) is 23.7 Å². The molecular weight excluding hydrogens is 399 g/mol. The van der Waals surface area contributed by atoms with Crippen LogP contribution in [0.2, 0.25) is 0 Å². The van der Waals surface area contributed by atoms with Crippen molar-refractivity contribution in [3.63, 3.8) is 0 Å². The molecule has 1 saturated heterocycles. The molecule has 1 fully saturated rings. The normalized spacial score (nSPS) is 21.3. The Kier molecular flexibility index (Phi) is 4.32. The zero-order valence-electron chi connectivity index (χ0n) is 14.4. The van der Waals surface area contributed by atoms with Crippen LogP contribution in [0.4, 0.5) is 27.6 Å². The van der Waals surface area contributed by atoms with E-state index in [1.807, 2.05) is 0 Å². The number of alkyl halides is 3. The molecule has 4 rings (SSSR count). The number of hydrogen-bond donors (Lipinski definition) is 0. The lowest BCUT2D eigenvalue weighted by Crippen LogP contribution is -2.39. The number of carbonyl (C=O) groups is 2. The second-order valence-electron chi connectivity index (χ2n) is 6.50. The highest BCUT2D eigenvalue weighted by Gasteiger charge is 2.54. The summed E-state index contributed by atoms with van der Waals surface area (Å²) >= 11 is 0. The molecule has 6 nitrogen and oxygen atoms in total. The first kappa shape index (κ1) is 19.0. The van der Waals surface area contributed by atoms with E-state index in [2.05, 4.69) is 10.3 Å². The number of rotatable bonds is 3. The first-order valence-electron chi connectivity index (χ1n) is 8.33. The number of hydrogen-bond acceptors (Lipinski definition) is 5. The van der Waals surface area contributed by atoms with Crippen LogP contribution in [0.1, 0.15) is 11.1 Å². The smallest absolute Gasteiger partial charge is 0.271 e. The minimum Gasteiger partial charge on any atom is -0.271 e. The minimum absolute atomic E-state index is 0.164. The van der Waals surface area contributed by atoms with Gasteiger partial charge in [-0.1, -0.05) is 17.4 Å². The standard InChI is InChI=1S/C18H11F5N4O2/c19-12-5-4-11(7-13(12)20)27-16(28)14-15(17(27)29)26(25-24-14)8-9-2-1-3-10(6-9)18(21,22)23/h1-7,14-15H,8H2/t14-,15+/m1/s1. The minimum atomic E-state index is -4.53. The van der Waals surface area contributed by atoms with Gasteiger partial charge in [0.25, 0.3) is 11.8 Å². The first-order chi connectivity index (χ1) is 13.7. The average molecular weight is 410 g/mol. The number of benzene rings is 2. The summed E-state index contributed by atoms with van der Waals surface area (Å²) in [6, 6.07) is 4.64. The van der Waals surface area contributed by atoms with Crippen LogP contribution in [0.25, 0.3) is 0 Å². The van der Waals surface area contributed by atoms with E-state index >= 15 is 0 Å². The van der Waals surface area contributed by atoms with Crippen LogP contribution < -0.4 is 4.90 Å². The van der Waals surface area contributed by atoms with Crippen molar-refractivity contribution in [2.75, 3.05) is 4.90 Å². The van der Waals surface area contributed by atoms with Gasteiger partial charge in [-0.3, -0.25) is 14.6 Å². The van der Waals surface area contributed by atoms with Gasteiger partial charge >= 0.3 is 6.18 Å². The van der Waals surface area contributed by atoms with Gasteiger partial charge in [-0.25, -0.2) is 13.7 Å². The van der Waals surface area contributed by atoms with Crippen molar-refractivity contribution < 1.29 is 31.5 Å². The predicted octanol–water partition coefficient (Wildman–Crippen LogP) is 3.48. The molecule has 2 atom stereocenters. The summed E-state index contributed by atoms with van der Waals surface area (Å²) in [7, 11) is 0. The second-order valence-corrected chi connectivity index (χ2v) is 6.50. The van der Waals surface area contributed by atoms with Crippen molar-refractivity contribution in [3.8, 4) is 0 Å². The third kappa shape index (κ3) is 3.22. The molecule has 29 heavy (non-hydrogen) atoms. The fourth-order valence-electron chi connectivity index (χ4n) is 3.27. The van der Waals surface area contributed by atoms with Crippen molar-refractivity contribution in [1.82, 2.24) is 5.01 Å². The van der Waals surface area contributed by atoms with Gasteiger partial charge in [0, 0.05) is 6.07 Å². The lowest BCUT2D eigenvalue weighted by Gasteiger charge is -2.21. The van der Waals surface area contributed by atoms with Crippen molar-refractivity contribution >= 4 is 17.5 Å². The number of fused-ring (bicyclic) bond motifs is 1. The number of amides is 2. The zero-order valence-corrected chi connectivity index (χ0v) is 14.4. The Morgan fingerprint density at radius 1 is 0.966 bits per heavy atom. The van der Waals surface area contributed by atoms with E-state index < -0.39 is 47.3 Å². The largest absolute Gasteiger partial charge is 0.416 e. The monoisotopic (exact) mass is 410 g/mol. The second kappa shape index (κ2) is 6.61. The number of anilines is 1. The van der Waals surface area contributed by atoms with Crippen LogP contribution in [-0.4, -0.2) is 28.9 Å². The predicted molar refractivity (Wildman–Crippen MR) is 88.3 cm³/mol. The van der Waals surface area contributed by atoms with Crippen molar-refractivity contribution in [2.45, 2.75) is 24.8 Å². The summed E-state index contributed by atoms with van der Waals surface area (Å²) in [5, 5.41) is 8.60. The van der Waals surface area contributed by atoms with Gasteiger partial charge in [0.05, 0.1) is 17.8 Å². The third-order valence-corrected chi connectivity index (χ3v) is 4.62. The topological polar surface area (TPSA) is 65.3 Å². The molecule has 0 spiro atoms. The Balaban J connectivity index is 1.59. The van der Waals surface area contributed by atoms with Crippen LogP contribution in [0.3, 0.4) is 0 Å². The molecule has 0 radical (unpaired) electrons. The molecule has 0 bridgehead atoms. The Hall–Kier alpha value is -3.37. The molecule has 2 heterocycles. The molecule has 0 saturated carbocycles. The maximum atomic E-state index is 13.5. The number of nitrogens with zero attached hydrogens (tertiary/aromatic N) is 4. The Morgan fingerprint density at radius 2 is 1.72 bits per heavy atom. The van der Waals surface area contributed by atoms with E-state index in [4.69, 9.17) is 0 Å².